The van der Waals surface area contributed by atoms with Gasteiger partial charge in [0, 0.05) is 25.7 Å². The molecule has 1 amide bonds. The second kappa shape index (κ2) is 16.7. The summed E-state index contributed by atoms with van der Waals surface area (Å²) in [6.07, 6.45) is 5.58. The Bertz CT molecular complexity index is 1280. The van der Waals surface area contributed by atoms with Gasteiger partial charge in [-0.1, -0.05) is 39.8 Å². The minimum Gasteiger partial charge on any atom is -0.465 e. The van der Waals surface area contributed by atoms with Gasteiger partial charge in [0.25, 0.3) is 0 Å². The molecule has 2 N–H and O–H groups in total. The second-order valence-electron chi connectivity index (χ2n) is 9.79. The molecule has 13 nitrogen and oxygen atoms in total. The molecule has 4 heterocycles. The summed E-state index contributed by atoms with van der Waals surface area (Å²) in [6.45, 7) is 13.6. The van der Waals surface area contributed by atoms with Gasteiger partial charge in [-0.05, 0) is 44.0 Å². The van der Waals surface area contributed by atoms with Crippen LogP contribution in [0.5, 0.6) is 0 Å². The molecule has 0 saturated carbocycles. The number of rotatable bonds is 9. The number of anilines is 2. The van der Waals surface area contributed by atoms with E-state index in [1.807, 2.05) is 32.6 Å². The lowest BCUT2D eigenvalue weighted by molar-refractivity contribution is -0.145. The summed E-state index contributed by atoms with van der Waals surface area (Å²) in [7, 11) is 0. The number of esters is 1. The Morgan fingerprint density at radius 2 is 1.86 bits per heavy atom. The summed E-state index contributed by atoms with van der Waals surface area (Å²) in [5.41, 5.74) is 7.09. The van der Waals surface area contributed by atoms with Gasteiger partial charge in [-0.2, -0.15) is 5.53 Å². The fraction of sp³-hybridized carbons (Fsp3) is 0.567. The monoisotopic (exact) mass is 616 g/mol. The summed E-state index contributed by atoms with van der Waals surface area (Å²) < 4.78 is 27.4. The van der Waals surface area contributed by atoms with Gasteiger partial charge >= 0.3 is 12.1 Å². The molecular weight excluding hydrogens is 571 g/mol. The average Bonchev–Trinajstić information content (AvgIpc) is 3.70. The molecule has 3 aliphatic rings. The van der Waals surface area contributed by atoms with Gasteiger partial charge in [-0.3, -0.25) is 14.7 Å². The van der Waals surface area contributed by atoms with Crippen molar-refractivity contribution in [1.29, 1.82) is 0 Å². The molecule has 5 rings (SSSR count). The van der Waals surface area contributed by atoms with Crippen LogP contribution in [0.15, 0.2) is 36.7 Å². The lowest BCUT2D eigenvalue weighted by Gasteiger charge is -2.34. The first-order valence-corrected chi connectivity index (χ1v) is 15.5. The third-order valence-electron chi connectivity index (χ3n) is 7.21. The number of ether oxygens (including phenoxy) is 2. The van der Waals surface area contributed by atoms with Crippen LogP contribution in [0.1, 0.15) is 77.3 Å². The number of carbonyl (C=O) groups excluding carboxylic acids is 3. The van der Waals surface area contributed by atoms with Gasteiger partial charge < -0.3 is 14.4 Å². The zero-order chi connectivity index (χ0) is 32.2. The van der Waals surface area contributed by atoms with E-state index >= 15 is 4.39 Å². The Labute approximate surface area is 258 Å². The second-order valence-corrected chi connectivity index (χ2v) is 9.79. The van der Waals surface area contributed by atoms with E-state index in [2.05, 4.69) is 21.3 Å². The summed E-state index contributed by atoms with van der Waals surface area (Å²) in [6, 6.07) is 4.16. The first kappa shape index (κ1) is 34.5. The highest BCUT2D eigenvalue weighted by atomic mass is 19.1. The van der Waals surface area contributed by atoms with Crippen LogP contribution in [-0.4, -0.2) is 82.8 Å². The highest BCUT2D eigenvalue weighted by Crippen LogP contribution is 2.32. The van der Waals surface area contributed by atoms with E-state index < -0.39 is 30.0 Å². The van der Waals surface area contributed by atoms with Crippen molar-refractivity contribution in [3.8, 4) is 0 Å². The van der Waals surface area contributed by atoms with Crippen LogP contribution < -0.4 is 20.8 Å². The molecule has 242 valence electrons. The van der Waals surface area contributed by atoms with Gasteiger partial charge in [0.15, 0.2) is 5.78 Å². The zero-order valence-corrected chi connectivity index (χ0v) is 26.5. The largest absolute Gasteiger partial charge is 0.465 e. The number of hydrogen-bond donors (Lipinski definition) is 2. The van der Waals surface area contributed by atoms with Gasteiger partial charge in [0.2, 0.25) is 0 Å². The molecule has 0 spiro atoms. The van der Waals surface area contributed by atoms with E-state index in [0.717, 1.165) is 0 Å². The van der Waals surface area contributed by atoms with Gasteiger partial charge in [-0.15, -0.1) is 5.10 Å². The number of cyclic esters (lactones) is 1. The Morgan fingerprint density at radius 1 is 1.14 bits per heavy atom. The first-order chi connectivity index (χ1) is 21.4. The van der Waals surface area contributed by atoms with E-state index in [1.165, 1.54) is 17.2 Å². The molecule has 0 bridgehead atoms. The fourth-order valence-corrected chi connectivity index (χ4v) is 5.12. The van der Waals surface area contributed by atoms with Crippen LogP contribution in [0.2, 0.25) is 0 Å². The highest BCUT2D eigenvalue weighted by molar-refractivity contribution is 5.94. The number of ketones is 1. The predicted molar refractivity (Wildman–Crippen MR) is 164 cm³/mol. The van der Waals surface area contributed by atoms with Gasteiger partial charge in [0.1, 0.15) is 23.7 Å². The molecule has 0 radical (unpaired) electrons. The molecule has 1 aromatic carbocycles. The number of aromatic nitrogens is 3. The Balaban J connectivity index is 0.00000127. The third kappa shape index (κ3) is 8.11. The lowest BCUT2D eigenvalue weighted by Crippen LogP contribution is -2.56. The number of hydrogen-bond acceptors (Lipinski definition) is 11. The maximum atomic E-state index is 15.3. The number of piperidine rings is 1. The molecule has 0 aliphatic carbocycles. The maximum Gasteiger partial charge on any atom is 0.414 e. The summed E-state index contributed by atoms with van der Waals surface area (Å²) >= 11 is 0. The number of benzene rings is 1. The zero-order valence-electron chi connectivity index (χ0n) is 26.5. The molecule has 1 aromatic heterocycles. The Kier molecular flexibility index (Phi) is 13.1. The minimum atomic E-state index is -0.614. The van der Waals surface area contributed by atoms with Crippen molar-refractivity contribution in [3.63, 3.8) is 0 Å². The first-order valence-electron chi connectivity index (χ1n) is 15.5. The van der Waals surface area contributed by atoms with Crippen LogP contribution >= 0.6 is 0 Å². The number of carbonyl (C=O) groups is 3. The lowest BCUT2D eigenvalue weighted by atomic mass is 10.0. The van der Waals surface area contributed by atoms with Crippen molar-refractivity contribution in [1.82, 2.24) is 31.0 Å². The van der Waals surface area contributed by atoms with Crippen molar-refractivity contribution in [2.24, 2.45) is 0 Å². The molecule has 2 saturated heterocycles. The van der Waals surface area contributed by atoms with Crippen LogP contribution in [-0.2, 0) is 14.3 Å². The number of hydrazine groups is 2. The van der Waals surface area contributed by atoms with E-state index in [4.69, 9.17) is 9.47 Å². The molecule has 2 unspecified atom stereocenters. The van der Waals surface area contributed by atoms with Crippen molar-refractivity contribution in [3.05, 3.63) is 48.2 Å². The highest BCUT2D eigenvalue weighted by Gasteiger charge is 2.35. The molecule has 3 aliphatic heterocycles. The van der Waals surface area contributed by atoms with Crippen LogP contribution in [0.3, 0.4) is 0 Å². The number of Topliss-reactive ketones (excluding diaryl/α,β-unsaturated/α-hetero) is 1. The Hall–Kier alpha value is -4.04. The standard InChI is InChI=1S/C26H33FN8O5.2C2H6/c1-3-24(36)23-14-28-30-35(23)17-7-10-32(11-8-17)22-6-5-18(13-20(22)27)34-16-19(40-26(34)38)15-33-12-9-21(29-31-33)25(37)39-4-2;2*1-2/h5-6,9,12-14,17,19,21,29,31H,3-4,7-8,10-11,15-16H2,1-2H3;2*1-2H3. The number of amides is 1. The van der Waals surface area contributed by atoms with Crippen LogP contribution in [0, 0.1) is 5.82 Å². The molecule has 2 fully saturated rings. The number of halogens is 1. The number of nitrogens with zero attached hydrogens (tertiary/aromatic N) is 6. The topological polar surface area (TPSA) is 134 Å². The Morgan fingerprint density at radius 3 is 2.48 bits per heavy atom. The van der Waals surface area contributed by atoms with Crippen molar-refractivity contribution >= 4 is 29.2 Å². The van der Waals surface area contributed by atoms with E-state index in [-0.39, 0.29) is 25.0 Å². The van der Waals surface area contributed by atoms with Gasteiger partial charge in [0.05, 0.1) is 43.3 Å². The van der Waals surface area contributed by atoms with E-state index in [9.17, 15) is 14.4 Å². The molecule has 14 heteroatoms. The SMILES string of the molecule is CC.CC.CCOC(=O)C1C=CN(CC2CN(c3ccc(N4CCC(n5nncc5C(=O)CC)CC4)c(F)c3)C(=O)O2)NN1. The van der Waals surface area contributed by atoms with Crippen molar-refractivity contribution in [2.75, 3.05) is 42.6 Å². The van der Waals surface area contributed by atoms with Crippen LogP contribution in [0.25, 0.3) is 0 Å². The minimum absolute atomic E-state index is 0.000275. The van der Waals surface area contributed by atoms with Crippen molar-refractivity contribution in [2.45, 2.75) is 79.0 Å². The fourth-order valence-electron chi connectivity index (χ4n) is 5.12. The summed E-state index contributed by atoms with van der Waals surface area (Å²) in [5.74, 6) is -0.823. The number of nitrogens with one attached hydrogen (secondary N) is 2. The van der Waals surface area contributed by atoms with Gasteiger partial charge in [-0.25, -0.2) is 24.1 Å². The van der Waals surface area contributed by atoms with E-state index in [0.29, 0.717) is 56.0 Å². The maximum absolute atomic E-state index is 15.3. The normalized spacial score (nSPS) is 19.9. The molecule has 2 atom stereocenters. The smallest absolute Gasteiger partial charge is 0.414 e. The quantitative estimate of drug-likeness (QED) is 0.313. The third-order valence-corrected chi connectivity index (χ3v) is 7.21. The van der Waals surface area contributed by atoms with Crippen molar-refractivity contribution < 1.29 is 28.2 Å². The van der Waals surface area contributed by atoms with E-state index in [1.54, 1.807) is 47.9 Å². The summed E-state index contributed by atoms with van der Waals surface area (Å²) in [4.78, 5) is 40.0. The molecule has 2 aromatic rings. The molecule has 44 heavy (non-hydrogen) atoms. The average molecular weight is 617 g/mol. The predicted octanol–water partition coefficient (Wildman–Crippen LogP) is 4.00. The summed E-state index contributed by atoms with van der Waals surface area (Å²) in [5, 5.41) is 9.69. The molecular formula is C30H45FN8O5. The van der Waals surface area contributed by atoms with Crippen LogP contribution in [0.4, 0.5) is 20.6 Å².